The van der Waals surface area contributed by atoms with Crippen LogP contribution < -0.4 is 5.69 Å². The van der Waals surface area contributed by atoms with Gasteiger partial charge < -0.3 is 5.11 Å². The summed E-state index contributed by atoms with van der Waals surface area (Å²) in [6.45, 7) is 0.189. The molecule has 1 aliphatic rings. The average molecular weight is 481 g/mol. The third kappa shape index (κ3) is 4.41. The summed E-state index contributed by atoms with van der Waals surface area (Å²) in [5.41, 5.74) is -4.03. The van der Waals surface area contributed by atoms with Gasteiger partial charge in [0.15, 0.2) is 0 Å². The number of aromatic hydroxyl groups is 1. The Hall–Kier alpha value is -3.08. The van der Waals surface area contributed by atoms with E-state index in [1.165, 1.54) is 17.2 Å². The number of sulfone groups is 1. The van der Waals surface area contributed by atoms with Crippen LogP contribution in [-0.4, -0.2) is 33.2 Å². The second kappa shape index (κ2) is 8.69. The largest absolute Gasteiger partial charge is 0.501 e. The van der Waals surface area contributed by atoms with Crippen LogP contribution in [0.4, 0.5) is 13.2 Å². The van der Waals surface area contributed by atoms with Crippen LogP contribution in [0, 0.1) is 0 Å². The summed E-state index contributed by atoms with van der Waals surface area (Å²) >= 11 is 0. The van der Waals surface area contributed by atoms with Crippen molar-refractivity contribution < 1.29 is 26.7 Å². The molecule has 11 heteroatoms. The second-order valence-corrected chi connectivity index (χ2v) is 10.0. The summed E-state index contributed by atoms with van der Waals surface area (Å²) in [5, 5.41) is 10.4. The zero-order valence-corrected chi connectivity index (χ0v) is 18.3. The van der Waals surface area contributed by atoms with Crippen molar-refractivity contribution in [2.75, 3.05) is 0 Å². The van der Waals surface area contributed by atoms with E-state index in [4.69, 9.17) is 0 Å². The predicted molar refractivity (Wildman–Crippen MR) is 114 cm³/mol. The van der Waals surface area contributed by atoms with E-state index >= 15 is 0 Å². The number of alkyl halides is 3. The van der Waals surface area contributed by atoms with Crippen LogP contribution in [0.2, 0.25) is 0 Å². The van der Waals surface area contributed by atoms with Crippen LogP contribution in [0.5, 0.6) is 5.88 Å². The molecule has 0 atom stereocenters. The lowest BCUT2D eigenvalue weighted by Crippen LogP contribution is -2.25. The first-order chi connectivity index (χ1) is 15.6. The molecule has 2 heterocycles. The monoisotopic (exact) mass is 481 g/mol. The van der Waals surface area contributed by atoms with Gasteiger partial charge in [-0.15, -0.1) is 0 Å². The van der Waals surface area contributed by atoms with Gasteiger partial charge in [-0.3, -0.25) is 9.55 Å². The highest BCUT2D eigenvalue weighted by molar-refractivity contribution is 7.92. The van der Waals surface area contributed by atoms with Crippen molar-refractivity contribution in [2.24, 2.45) is 0 Å². The maximum Gasteiger partial charge on any atom is 0.501 e. The van der Waals surface area contributed by atoms with Crippen molar-refractivity contribution in [1.29, 1.82) is 0 Å². The molecule has 4 rings (SSSR count). The highest BCUT2D eigenvalue weighted by Gasteiger charge is 2.46. The second-order valence-electron chi connectivity index (χ2n) is 8.09. The number of rotatable bonds is 5. The zero-order chi connectivity index (χ0) is 23.8. The first-order valence-electron chi connectivity index (χ1n) is 10.5. The fourth-order valence-electron chi connectivity index (χ4n) is 4.29. The molecule has 1 N–H and O–H groups in total. The Morgan fingerprint density at radius 2 is 1.73 bits per heavy atom. The molecule has 1 aliphatic carbocycles. The Morgan fingerprint density at radius 1 is 1.06 bits per heavy atom. The fourth-order valence-corrected chi connectivity index (χ4v) is 5.05. The van der Waals surface area contributed by atoms with Crippen LogP contribution in [0.1, 0.15) is 49.1 Å². The van der Waals surface area contributed by atoms with Crippen LogP contribution in [0.25, 0.3) is 5.69 Å². The number of aromatic nitrogens is 3. The number of pyridine rings is 1. The third-order valence-corrected chi connectivity index (χ3v) is 7.48. The maximum atomic E-state index is 13.0. The van der Waals surface area contributed by atoms with Gasteiger partial charge in [-0.05, 0) is 60.2 Å². The molecular formula is C22H22F3N3O4S. The van der Waals surface area contributed by atoms with Gasteiger partial charge >= 0.3 is 11.2 Å². The molecule has 1 saturated carbocycles. The molecule has 1 aromatic carbocycles. The van der Waals surface area contributed by atoms with Crippen molar-refractivity contribution in [2.45, 2.75) is 55.0 Å². The lowest BCUT2D eigenvalue weighted by Gasteiger charge is -2.24. The van der Waals surface area contributed by atoms with E-state index < -0.39 is 31.8 Å². The lowest BCUT2D eigenvalue weighted by molar-refractivity contribution is -0.0436. The molecule has 2 aromatic heterocycles. The van der Waals surface area contributed by atoms with Gasteiger partial charge in [-0.1, -0.05) is 19.3 Å². The Labute approximate surface area is 188 Å². The van der Waals surface area contributed by atoms with Gasteiger partial charge in [0.1, 0.15) is 0 Å². The number of hydrogen-bond donors (Lipinski definition) is 1. The molecule has 0 amide bonds. The topological polar surface area (TPSA) is 94.2 Å². The Kier molecular flexibility index (Phi) is 6.08. The molecule has 33 heavy (non-hydrogen) atoms. The Bertz CT molecular complexity index is 1310. The van der Waals surface area contributed by atoms with Gasteiger partial charge in [-0.2, -0.15) is 13.2 Å². The number of imidazole rings is 1. The molecule has 0 aliphatic heterocycles. The van der Waals surface area contributed by atoms with Gasteiger partial charge in [-0.25, -0.2) is 17.8 Å². The molecule has 0 spiro atoms. The smallest absolute Gasteiger partial charge is 0.493 e. The van der Waals surface area contributed by atoms with E-state index in [2.05, 4.69) is 4.98 Å². The highest BCUT2D eigenvalue weighted by atomic mass is 32.2. The summed E-state index contributed by atoms with van der Waals surface area (Å²) in [5.74, 6) is -0.0586. The van der Waals surface area contributed by atoms with Crippen molar-refractivity contribution in [3.8, 4) is 11.6 Å². The summed E-state index contributed by atoms with van der Waals surface area (Å²) in [4.78, 5) is 16.3. The molecule has 0 saturated heterocycles. The summed E-state index contributed by atoms with van der Waals surface area (Å²) < 4.78 is 63.6. The molecular weight excluding hydrogens is 459 g/mol. The van der Waals surface area contributed by atoms with Gasteiger partial charge in [0, 0.05) is 12.4 Å². The maximum absolute atomic E-state index is 13.0. The van der Waals surface area contributed by atoms with E-state index in [9.17, 15) is 31.5 Å². The molecule has 1 fully saturated rings. The minimum absolute atomic E-state index is 0.0413. The lowest BCUT2D eigenvalue weighted by atomic mass is 9.83. The van der Waals surface area contributed by atoms with E-state index in [1.54, 1.807) is 6.20 Å². The Morgan fingerprint density at radius 3 is 2.36 bits per heavy atom. The highest BCUT2D eigenvalue weighted by Crippen LogP contribution is 2.34. The standard InChI is InChI=1S/C22H22F3N3O4S/c23-22(24,25)33(31,32)18-8-6-17(7-9-18)28-20(29)14-27(21(28)30)13-16-10-11-26-12-19(16)15-4-2-1-3-5-15/h6-12,14-15,29H,1-5,13H2. The number of nitrogens with zero attached hydrogens (tertiary/aromatic N) is 3. The van der Waals surface area contributed by atoms with Gasteiger partial charge in [0.2, 0.25) is 5.88 Å². The Balaban J connectivity index is 1.65. The molecule has 176 valence electrons. The minimum Gasteiger partial charge on any atom is -0.493 e. The van der Waals surface area contributed by atoms with E-state index in [1.807, 2.05) is 12.3 Å². The van der Waals surface area contributed by atoms with Crippen molar-refractivity contribution in [1.82, 2.24) is 14.1 Å². The third-order valence-electron chi connectivity index (χ3n) is 5.98. The van der Waals surface area contributed by atoms with E-state index in [0.717, 1.165) is 65.6 Å². The zero-order valence-electron chi connectivity index (χ0n) is 17.5. The summed E-state index contributed by atoms with van der Waals surface area (Å²) in [6, 6.07) is 5.44. The van der Waals surface area contributed by atoms with Crippen molar-refractivity contribution >= 4 is 9.84 Å². The minimum atomic E-state index is -5.51. The van der Waals surface area contributed by atoms with E-state index in [-0.39, 0.29) is 12.2 Å². The quantitative estimate of drug-likeness (QED) is 0.592. The molecule has 7 nitrogen and oxygen atoms in total. The van der Waals surface area contributed by atoms with E-state index in [0.29, 0.717) is 5.92 Å². The average Bonchev–Trinajstić information content (AvgIpc) is 3.07. The normalized spacial score (nSPS) is 15.6. The number of benzene rings is 1. The number of halogens is 3. The number of hydrogen-bond acceptors (Lipinski definition) is 5. The fraction of sp³-hybridized carbons (Fsp3) is 0.364. The van der Waals surface area contributed by atoms with Crippen LogP contribution in [-0.2, 0) is 16.4 Å². The first-order valence-corrected chi connectivity index (χ1v) is 11.9. The summed E-state index contributed by atoms with van der Waals surface area (Å²) in [6.07, 6.45) is 10.3. The first kappa shape index (κ1) is 23.1. The van der Waals surface area contributed by atoms with Gasteiger partial charge in [0.05, 0.1) is 23.3 Å². The molecule has 0 unspecified atom stereocenters. The molecule has 0 bridgehead atoms. The van der Waals surface area contributed by atoms with Crippen molar-refractivity contribution in [3.63, 3.8) is 0 Å². The molecule has 3 aromatic rings. The van der Waals surface area contributed by atoms with Gasteiger partial charge in [0.25, 0.3) is 9.84 Å². The SMILES string of the molecule is O=c1n(Cc2ccncc2C2CCCCC2)cc(O)n1-c1ccc(S(=O)(=O)C(F)(F)F)cc1. The predicted octanol–water partition coefficient (Wildman–Crippen LogP) is 4.13. The van der Waals surface area contributed by atoms with Crippen LogP contribution in [0.3, 0.4) is 0 Å². The van der Waals surface area contributed by atoms with Crippen LogP contribution in [0.15, 0.2) is 58.6 Å². The van der Waals surface area contributed by atoms with Crippen LogP contribution >= 0.6 is 0 Å². The van der Waals surface area contributed by atoms with Crippen molar-refractivity contribution in [3.05, 3.63) is 70.5 Å². The molecule has 0 radical (unpaired) electrons. The summed E-state index contributed by atoms with van der Waals surface area (Å²) in [7, 11) is -5.51.